The molecule has 0 aromatic carbocycles. The summed E-state index contributed by atoms with van der Waals surface area (Å²) in [5.74, 6) is 0.299. The second-order valence-electron chi connectivity index (χ2n) is 3.61. The lowest BCUT2D eigenvalue weighted by molar-refractivity contribution is 0.0491. The van der Waals surface area contributed by atoms with Crippen molar-refractivity contribution in [1.82, 2.24) is 9.55 Å². The Morgan fingerprint density at radius 2 is 2.53 bits per heavy atom. The van der Waals surface area contributed by atoms with Gasteiger partial charge in [-0.2, -0.15) is 4.98 Å². The molecule has 15 heavy (non-hydrogen) atoms. The van der Waals surface area contributed by atoms with Crippen LogP contribution in [0.4, 0.5) is 5.82 Å². The van der Waals surface area contributed by atoms with Gasteiger partial charge < -0.3 is 15.6 Å². The number of nitrogens with zero attached hydrogens (tertiary/aromatic N) is 2. The molecule has 2 atom stereocenters. The first-order valence-corrected chi connectivity index (χ1v) is 4.78. The van der Waals surface area contributed by atoms with Crippen LogP contribution in [0.1, 0.15) is 12.6 Å². The Balaban J connectivity index is 2.20. The van der Waals surface area contributed by atoms with Crippen molar-refractivity contribution in [3.05, 3.63) is 22.7 Å². The minimum Gasteiger partial charge on any atom is -0.396 e. The van der Waals surface area contributed by atoms with Gasteiger partial charge in [0.25, 0.3) is 0 Å². The highest BCUT2D eigenvalue weighted by atomic mass is 16.5. The monoisotopic (exact) mass is 211 g/mol. The number of nitrogens with two attached hydrogens (primary N) is 1. The molecule has 1 aromatic heterocycles. The second kappa shape index (κ2) is 4.00. The average Bonchev–Trinajstić information content (AvgIpc) is 2.66. The van der Waals surface area contributed by atoms with E-state index in [0.29, 0.717) is 13.0 Å². The molecule has 1 fully saturated rings. The standard InChI is InChI=1S/C9H13N3O3/c10-7-1-2-12(9(14)11-7)8-3-6(4-13)5-15-8/h1-2,6,8,13H,3-5H2,(H2,10,11,14)/t6-,8+/m1/s1. The van der Waals surface area contributed by atoms with E-state index in [1.165, 1.54) is 4.57 Å². The van der Waals surface area contributed by atoms with E-state index in [0.717, 1.165) is 0 Å². The normalized spacial score (nSPS) is 25.7. The summed E-state index contributed by atoms with van der Waals surface area (Å²) in [5, 5.41) is 8.94. The highest BCUT2D eigenvalue weighted by Crippen LogP contribution is 2.26. The molecule has 0 amide bonds. The maximum Gasteiger partial charge on any atom is 0.351 e. The Hall–Kier alpha value is -1.40. The molecular formula is C9H13N3O3. The fourth-order valence-electron chi connectivity index (χ4n) is 1.63. The summed E-state index contributed by atoms with van der Waals surface area (Å²) in [6.45, 7) is 0.547. The van der Waals surface area contributed by atoms with Crippen molar-refractivity contribution in [3.8, 4) is 0 Å². The number of nitrogen functional groups attached to an aromatic ring is 1. The minimum atomic E-state index is -0.418. The molecule has 1 aliphatic rings. The maximum absolute atomic E-state index is 11.5. The third kappa shape index (κ3) is 2.00. The van der Waals surface area contributed by atoms with Crippen molar-refractivity contribution in [2.24, 2.45) is 5.92 Å². The Morgan fingerprint density at radius 3 is 3.13 bits per heavy atom. The van der Waals surface area contributed by atoms with Crippen LogP contribution in [0.3, 0.4) is 0 Å². The molecule has 6 heteroatoms. The van der Waals surface area contributed by atoms with Crippen molar-refractivity contribution < 1.29 is 9.84 Å². The molecule has 1 aliphatic heterocycles. The Labute approximate surface area is 86.3 Å². The van der Waals surface area contributed by atoms with E-state index >= 15 is 0 Å². The number of aromatic nitrogens is 2. The molecule has 1 aromatic rings. The first-order valence-electron chi connectivity index (χ1n) is 4.78. The zero-order valence-corrected chi connectivity index (χ0v) is 8.17. The largest absolute Gasteiger partial charge is 0.396 e. The molecule has 82 valence electrons. The van der Waals surface area contributed by atoms with E-state index in [1.54, 1.807) is 12.3 Å². The summed E-state index contributed by atoms with van der Waals surface area (Å²) < 4.78 is 6.78. The topological polar surface area (TPSA) is 90.4 Å². The molecule has 3 N–H and O–H groups in total. The minimum absolute atomic E-state index is 0.0770. The number of hydrogen-bond donors (Lipinski definition) is 2. The Bertz CT molecular complexity index is 404. The van der Waals surface area contributed by atoms with E-state index in [4.69, 9.17) is 15.6 Å². The average molecular weight is 211 g/mol. The molecule has 2 heterocycles. The van der Waals surface area contributed by atoms with E-state index in [9.17, 15) is 4.79 Å². The maximum atomic E-state index is 11.5. The van der Waals surface area contributed by atoms with Crippen LogP contribution in [-0.2, 0) is 4.74 Å². The quantitative estimate of drug-likeness (QED) is 0.678. The zero-order chi connectivity index (χ0) is 10.8. The summed E-state index contributed by atoms with van der Waals surface area (Å²) >= 11 is 0. The second-order valence-corrected chi connectivity index (χ2v) is 3.61. The van der Waals surface area contributed by atoms with Crippen LogP contribution < -0.4 is 11.4 Å². The molecule has 0 unspecified atom stereocenters. The molecule has 2 rings (SSSR count). The van der Waals surface area contributed by atoms with Crippen molar-refractivity contribution >= 4 is 5.82 Å². The van der Waals surface area contributed by atoms with Crippen molar-refractivity contribution in [2.75, 3.05) is 18.9 Å². The number of ether oxygens (including phenoxy) is 1. The van der Waals surface area contributed by atoms with Gasteiger partial charge in [-0.05, 0) is 12.5 Å². The van der Waals surface area contributed by atoms with Crippen molar-refractivity contribution in [3.63, 3.8) is 0 Å². The highest BCUT2D eigenvalue weighted by molar-refractivity contribution is 5.23. The van der Waals surface area contributed by atoms with Crippen LogP contribution in [0, 0.1) is 5.92 Å². The van der Waals surface area contributed by atoms with E-state index in [2.05, 4.69) is 4.98 Å². The summed E-state index contributed by atoms with van der Waals surface area (Å²) in [4.78, 5) is 15.1. The summed E-state index contributed by atoms with van der Waals surface area (Å²) in [6.07, 6.45) is 1.86. The molecule has 0 radical (unpaired) electrons. The van der Waals surface area contributed by atoms with Gasteiger partial charge in [0.2, 0.25) is 0 Å². The van der Waals surface area contributed by atoms with Gasteiger partial charge in [0.05, 0.1) is 6.61 Å². The molecule has 6 nitrogen and oxygen atoms in total. The predicted molar refractivity (Wildman–Crippen MR) is 53.1 cm³/mol. The van der Waals surface area contributed by atoms with E-state index in [-0.39, 0.29) is 24.6 Å². The fraction of sp³-hybridized carbons (Fsp3) is 0.556. The summed E-state index contributed by atoms with van der Waals surface area (Å²) in [7, 11) is 0. The van der Waals surface area contributed by atoms with Crippen molar-refractivity contribution in [1.29, 1.82) is 0 Å². The molecule has 0 bridgehead atoms. The lowest BCUT2D eigenvalue weighted by Gasteiger charge is -2.12. The first kappa shape index (κ1) is 10.1. The number of rotatable bonds is 2. The van der Waals surface area contributed by atoms with Gasteiger partial charge in [-0.25, -0.2) is 4.79 Å². The van der Waals surface area contributed by atoms with Gasteiger partial charge >= 0.3 is 5.69 Å². The van der Waals surface area contributed by atoms with Gasteiger partial charge in [-0.3, -0.25) is 4.57 Å². The van der Waals surface area contributed by atoms with Crippen LogP contribution in [-0.4, -0.2) is 27.9 Å². The molecular weight excluding hydrogens is 198 g/mol. The first-order chi connectivity index (χ1) is 7.20. The summed E-state index contributed by atoms with van der Waals surface area (Å²) in [6, 6.07) is 1.55. The fourth-order valence-corrected chi connectivity index (χ4v) is 1.63. The molecule has 0 saturated carbocycles. The lowest BCUT2D eigenvalue weighted by atomic mass is 10.1. The predicted octanol–water partition coefficient (Wildman–Crippen LogP) is -0.647. The van der Waals surface area contributed by atoms with Crippen LogP contribution in [0.15, 0.2) is 17.1 Å². The van der Waals surface area contributed by atoms with E-state index < -0.39 is 5.69 Å². The molecule has 1 saturated heterocycles. The number of hydrogen-bond acceptors (Lipinski definition) is 5. The van der Waals surface area contributed by atoms with Gasteiger partial charge in [-0.1, -0.05) is 0 Å². The number of aliphatic hydroxyl groups is 1. The van der Waals surface area contributed by atoms with Gasteiger partial charge in [-0.15, -0.1) is 0 Å². The van der Waals surface area contributed by atoms with Crippen LogP contribution in [0.25, 0.3) is 0 Å². The Morgan fingerprint density at radius 1 is 1.73 bits per heavy atom. The zero-order valence-electron chi connectivity index (χ0n) is 8.17. The van der Waals surface area contributed by atoms with Crippen LogP contribution in [0.2, 0.25) is 0 Å². The number of aliphatic hydroxyl groups excluding tert-OH is 1. The molecule has 0 spiro atoms. The SMILES string of the molecule is Nc1ccn([C@@H]2C[C@H](CO)CO2)c(=O)n1. The van der Waals surface area contributed by atoms with Gasteiger partial charge in [0.1, 0.15) is 12.0 Å². The van der Waals surface area contributed by atoms with E-state index in [1.807, 2.05) is 0 Å². The Kier molecular flexibility index (Phi) is 2.70. The third-order valence-corrected chi connectivity index (χ3v) is 2.48. The van der Waals surface area contributed by atoms with Crippen LogP contribution >= 0.6 is 0 Å². The third-order valence-electron chi connectivity index (χ3n) is 2.48. The van der Waals surface area contributed by atoms with Crippen molar-refractivity contribution in [2.45, 2.75) is 12.6 Å². The highest BCUT2D eigenvalue weighted by Gasteiger charge is 2.26. The summed E-state index contributed by atoms with van der Waals surface area (Å²) in [5.41, 5.74) is 4.96. The van der Waals surface area contributed by atoms with Gasteiger partial charge in [0.15, 0.2) is 0 Å². The van der Waals surface area contributed by atoms with Gasteiger partial charge in [0, 0.05) is 18.7 Å². The lowest BCUT2D eigenvalue weighted by Crippen LogP contribution is -2.26. The molecule has 0 aliphatic carbocycles. The van der Waals surface area contributed by atoms with Crippen LogP contribution in [0.5, 0.6) is 0 Å². The number of anilines is 1. The smallest absolute Gasteiger partial charge is 0.351 e.